The zero-order chi connectivity index (χ0) is 21.5. The van der Waals surface area contributed by atoms with E-state index in [0.29, 0.717) is 11.3 Å². The van der Waals surface area contributed by atoms with Gasteiger partial charge in [-0.2, -0.15) is 0 Å². The van der Waals surface area contributed by atoms with Crippen molar-refractivity contribution < 1.29 is 14.0 Å². The van der Waals surface area contributed by atoms with E-state index >= 15 is 0 Å². The number of hydrogen-bond donors (Lipinski definition) is 1. The fraction of sp³-hybridized carbons (Fsp3) is 0.120. The van der Waals surface area contributed by atoms with Crippen LogP contribution in [0.2, 0.25) is 0 Å². The molecule has 154 valence electrons. The normalized spacial score (nSPS) is 15.4. The van der Waals surface area contributed by atoms with Crippen LogP contribution in [0.4, 0.5) is 10.1 Å². The molecule has 2 heterocycles. The van der Waals surface area contributed by atoms with Crippen molar-refractivity contribution >= 4 is 28.4 Å². The van der Waals surface area contributed by atoms with E-state index in [1.54, 1.807) is 11.0 Å². The Morgan fingerprint density at radius 2 is 1.68 bits per heavy atom. The van der Waals surface area contributed by atoms with Gasteiger partial charge in [0.15, 0.2) is 0 Å². The number of halogens is 1. The first kappa shape index (κ1) is 19.1. The molecule has 1 aliphatic rings. The van der Waals surface area contributed by atoms with Crippen LogP contribution in [0, 0.1) is 5.82 Å². The monoisotopic (exact) mass is 413 g/mol. The molecule has 1 atom stereocenters. The standard InChI is InChI=1S/C25H20FN3O2/c1-28-14-21(18-6-4-5-9-22(18)28)24-19-7-2-3-8-20(19)25(31)29(24)15-23(30)27-17-12-10-16(26)11-13-17/h2-14,24H,15H2,1H3,(H,27,30)/t24-/m0/s1. The van der Waals surface area contributed by atoms with Gasteiger partial charge in [0, 0.05) is 41.0 Å². The van der Waals surface area contributed by atoms with Gasteiger partial charge in [-0.25, -0.2) is 4.39 Å². The highest BCUT2D eigenvalue weighted by molar-refractivity contribution is 6.04. The summed E-state index contributed by atoms with van der Waals surface area (Å²) in [6, 6.07) is 20.7. The number of carbonyl (C=O) groups is 2. The summed E-state index contributed by atoms with van der Waals surface area (Å²) in [7, 11) is 1.97. The molecule has 4 aromatic rings. The Morgan fingerprint density at radius 3 is 2.48 bits per heavy atom. The average Bonchev–Trinajstić information content (AvgIpc) is 3.24. The Balaban J connectivity index is 1.53. The number of benzene rings is 3. The number of rotatable bonds is 4. The maximum absolute atomic E-state index is 13.2. The van der Waals surface area contributed by atoms with Crippen LogP contribution in [0.1, 0.15) is 27.5 Å². The Bertz CT molecular complexity index is 1310. The molecule has 0 spiro atoms. The van der Waals surface area contributed by atoms with Gasteiger partial charge in [-0.1, -0.05) is 36.4 Å². The highest BCUT2D eigenvalue weighted by atomic mass is 19.1. The number of aryl methyl sites for hydroxylation is 1. The van der Waals surface area contributed by atoms with Crippen molar-refractivity contribution in [1.82, 2.24) is 9.47 Å². The maximum Gasteiger partial charge on any atom is 0.255 e. The number of para-hydroxylation sites is 1. The predicted molar refractivity (Wildman–Crippen MR) is 117 cm³/mol. The molecule has 0 bridgehead atoms. The first-order valence-corrected chi connectivity index (χ1v) is 10.0. The smallest absolute Gasteiger partial charge is 0.255 e. The lowest BCUT2D eigenvalue weighted by atomic mass is 9.97. The Hall–Kier alpha value is -3.93. The van der Waals surface area contributed by atoms with Gasteiger partial charge in [0.25, 0.3) is 5.91 Å². The van der Waals surface area contributed by atoms with E-state index in [-0.39, 0.29) is 30.2 Å². The highest BCUT2D eigenvalue weighted by Crippen LogP contribution is 2.41. The van der Waals surface area contributed by atoms with Gasteiger partial charge in [-0.05, 0) is 42.0 Å². The summed E-state index contributed by atoms with van der Waals surface area (Å²) in [5.74, 6) is -0.889. The summed E-state index contributed by atoms with van der Waals surface area (Å²) in [6.45, 7) is -0.112. The minimum Gasteiger partial charge on any atom is -0.350 e. The molecule has 5 rings (SSSR count). The quantitative estimate of drug-likeness (QED) is 0.536. The van der Waals surface area contributed by atoms with Crippen molar-refractivity contribution in [3.05, 3.63) is 102 Å². The Labute approximate surface area is 178 Å². The van der Waals surface area contributed by atoms with E-state index in [2.05, 4.69) is 5.32 Å². The third kappa shape index (κ3) is 3.26. The predicted octanol–water partition coefficient (Wildman–Crippen LogP) is 4.50. The van der Waals surface area contributed by atoms with E-state index < -0.39 is 0 Å². The molecular weight excluding hydrogens is 393 g/mol. The van der Waals surface area contributed by atoms with Gasteiger partial charge < -0.3 is 14.8 Å². The van der Waals surface area contributed by atoms with Crippen molar-refractivity contribution in [2.24, 2.45) is 7.05 Å². The molecule has 0 saturated carbocycles. The fourth-order valence-corrected chi connectivity index (χ4v) is 4.35. The van der Waals surface area contributed by atoms with Crippen molar-refractivity contribution in [2.75, 3.05) is 11.9 Å². The van der Waals surface area contributed by atoms with Crippen LogP contribution in [0.5, 0.6) is 0 Å². The lowest BCUT2D eigenvalue weighted by Gasteiger charge is -2.25. The van der Waals surface area contributed by atoms with E-state index in [1.165, 1.54) is 24.3 Å². The molecule has 1 aliphatic heterocycles. The summed E-state index contributed by atoms with van der Waals surface area (Å²) >= 11 is 0. The third-order valence-electron chi connectivity index (χ3n) is 5.72. The number of fused-ring (bicyclic) bond motifs is 2. The summed E-state index contributed by atoms with van der Waals surface area (Å²) < 4.78 is 15.2. The Kier molecular flexibility index (Phi) is 4.55. The highest BCUT2D eigenvalue weighted by Gasteiger charge is 2.39. The molecule has 2 amide bonds. The van der Waals surface area contributed by atoms with Crippen LogP contribution >= 0.6 is 0 Å². The van der Waals surface area contributed by atoms with Crippen molar-refractivity contribution in [1.29, 1.82) is 0 Å². The summed E-state index contributed by atoms with van der Waals surface area (Å²) in [4.78, 5) is 27.6. The SMILES string of the molecule is Cn1cc([C@@H]2c3ccccc3C(=O)N2CC(=O)Nc2ccc(F)cc2)c2ccccc21. The van der Waals surface area contributed by atoms with Gasteiger partial charge >= 0.3 is 0 Å². The van der Waals surface area contributed by atoms with Gasteiger partial charge in [-0.3, -0.25) is 9.59 Å². The first-order valence-electron chi connectivity index (χ1n) is 10.0. The van der Waals surface area contributed by atoms with E-state index in [4.69, 9.17) is 0 Å². The van der Waals surface area contributed by atoms with Crippen molar-refractivity contribution in [2.45, 2.75) is 6.04 Å². The molecule has 6 heteroatoms. The molecule has 0 saturated heterocycles. The molecule has 1 aromatic heterocycles. The number of nitrogens with one attached hydrogen (secondary N) is 1. The summed E-state index contributed by atoms with van der Waals surface area (Å²) in [5, 5.41) is 3.80. The number of carbonyl (C=O) groups excluding carboxylic acids is 2. The lowest BCUT2D eigenvalue weighted by molar-refractivity contribution is -0.117. The molecule has 1 N–H and O–H groups in total. The van der Waals surface area contributed by atoms with Gasteiger partial charge in [0.1, 0.15) is 12.4 Å². The summed E-state index contributed by atoms with van der Waals surface area (Å²) in [6.07, 6.45) is 2.02. The zero-order valence-electron chi connectivity index (χ0n) is 16.9. The fourth-order valence-electron chi connectivity index (χ4n) is 4.35. The molecule has 3 aromatic carbocycles. The third-order valence-corrected chi connectivity index (χ3v) is 5.72. The van der Waals surface area contributed by atoms with E-state index in [9.17, 15) is 14.0 Å². The number of anilines is 1. The van der Waals surface area contributed by atoms with Gasteiger partial charge in [-0.15, -0.1) is 0 Å². The average molecular weight is 413 g/mol. The largest absolute Gasteiger partial charge is 0.350 e. The molecule has 0 radical (unpaired) electrons. The van der Waals surface area contributed by atoms with Crippen LogP contribution in [0.3, 0.4) is 0 Å². The van der Waals surface area contributed by atoms with Crippen LogP contribution in [0.15, 0.2) is 79.0 Å². The van der Waals surface area contributed by atoms with Crippen LogP contribution in [-0.2, 0) is 11.8 Å². The molecular formula is C25H20FN3O2. The molecule has 0 aliphatic carbocycles. The minimum atomic E-state index is -0.376. The van der Waals surface area contributed by atoms with E-state index in [0.717, 1.165) is 22.0 Å². The van der Waals surface area contributed by atoms with Gasteiger partial charge in [0.05, 0.1) is 6.04 Å². The first-order chi connectivity index (χ1) is 15.0. The van der Waals surface area contributed by atoms with Crippen LogP contribution < -0.4 is 5.32 Å². The topological polar surface area (TPSA) is 54.3 Å². The van der Waals surface area contributed by atoms with Crippen LogP contribution in [0.25, 0.3) is 10.9 Å². The summed E-state index contributed by atoms with van der Waals surface area (Å²) in [5.41, 5.74) is 4.02. The van der Waals surface area contributed by atoms with Gasteiger partial charge in [0.2, 0.25) is 5.91 Å². The second-order valence-corrected chi connectivity index (χ2v) is 7.69. The number of amides is 2. The zero-order valence-corrected chi connectivity index (χ0v) is 16.9. The lowest BCUT2D eigenvalue weighted by Crippen LogP contribution is -2.36. The molecule has 5 nitrogen and oxygen atoms in total. The van der Waals surface area contributed by atoms with Crippen LogP contribution in [-0.4, -0.2) is 27.8 Å². The second kappa shape index (κ2) is 7.40. The molecule has 31 heavy (non-hydrogen) atoms. The maximum atomic E-state index is 13.2. The number of aromatic nitrogens is 1. The molecule has 0 fully saturated rings. The number of nitrogens with zero attached hydrogens (tertiary/aromatic N) is 2. The second-order valence-electron chi connectivity index (χ2n) is 7.69. The van der Waals surface area contributed by atoms with Crippen molar-refractivity contribution in [3.63, 3.8) is 0 Å². The van der Waals surface area contributed by atoms with Crippen molar-refractivity contribution in [3.8, 4) is 0 Å². The van der Waals surface area contributed by atoms with E-state index in [1.807, 2.05) is 60.3 Å². The number of hydrogen-bond acceptors (Lipinski definition) is 2. The minimum absolute atomic E-state index is 0.112. The Morgan fingerprint density at radius 1 is 0.968 bits per heavy atom. The molecule has 0 unspecified atom stereocenters.